The van der Waals surface area contributed by atoms with Crippen molar-refractivity contribution in [3.05, 3.63) is 12.2 Å². The SMILES string of the molecule is CCCCCCCCCCCCCCCCC/C=C/C(O)C(COC1OC(CO)C(O)C(O)C1O)NC(=O)C(O)CCCCCCCCCCCCCCCCCCCCCCCCCCCCCCC. The second-order valence-electron chi connectivity index (χ2n) is 22.0. The van der Waals surface area contributed by atoms with E-state index in [4.69, 9.17) is 9.47 Å². The van der Waals surface area contributed by atoms with E-state index in [0.717, 1.165) is 44.9 Å². The van der Waals surface area contributed by atoms with E-state index in [0.29, 0.717) is 6.42 Å². The van der Waals surface area contributed by atoms with Gasteiger partial charge < -0.3 is 45.4 Å². The first kappa shape index (κ1) is 67.9. The van der Waals surface area contributed by atoms with E-state index in [1.807, 2.05) is 6.08 Å². The van der Waals surface area contributed by atoms with E-state index in [-0.39, 0.29) is 6.61 Å². The van der Waals surface area contributed by atoms with Gasteiger partial charge in [-0.2, -0.15) is 0 Å². The molecule has 422 valence electrons. The van der Waals surface area contributed by atoms with Crippen LogP contribution in [0.4, 0.5) is 0 Å². The normalized spacial score (nSPS) is 19.7. The predicted molar refractivity (Wildman–Crippen MR) is 297 cm³/mol. The van der Waals surface area contributed by atoms with Crippen LogP contribution >= 0.6 is 0 Å². The van der Waals surface area contributed by atoms with Crippen LogP contribution in [0.5, 0.6) is 0 Å². The van der Waals surface area contributed by atoms with Gasteiger partial charge in [0.1, 0.15) is 30.5 Å². The lowest BCUT2D eigenvalue weighted by molar-refractivity contribution is -0.302. The van der Waals surface area contributed by atoms with Crippen molar-refractivity contribution in [1.29, 1.82) is 0 Å². The van der Waals surface area contributed by atoms with Crippen molar-refractivity contribution in [2.24, 2.45) is 0 Å². The maximum absolute atomic E-state index is 13.1. The minimum atomic E-state index is -1.61. The summed E-state index contributed by atoms with van der Waals surface area (Å²) in [5.41, 5.74) is 0. The number of allylic oxidation sites excluding steroid dienone is 1. The Morgan fingerprint density at radius 1 is 0.479 bits per heavy atom. The van der Waals surface area contributed by atoms with E-state index < -0.39 is 61.5 Å². The topological polar surface area (TPSA) is 169 Å². The summed E-state index contributed by atoms with van der Waals surface area (Å²) in [4.78, 5) is 13.1. The van der Waals surface area contributed by atoms with Crippen LogP contribution < -0.4 is 5.32 Å². The number of aliphatic hydroxyl groups is 6. The standard InChI is InChI=1S/C61H119NO9/c1-3-5-7-9-11-13-15-17-19-21-22-23-24-25-26-27-28-29-30-31-32-34-36-38-40-42-44-46-48-50-55(65)60(69)62-53(52-70-61-59(68)58(67)57(66)56(51-63)71-61)54(64)49-47-45-43-41-39-37-35-33-20-18-16-14-12-10-8-6-4-2/h47,49,53-59,61,63-68H,3-46,48,50-52H2,1-2H3,(H,62,69)/b49-47+. The fraction of sp³-hybridized carbons (Fsp3) is 0.951. The molecular formula is C61H119NO9. The number of amides is 1. The van der Waals surface area contributed by atoms with E-state index in [2.05, 4.69) is 19.2 Å². The fourth-order valence-electron chi connectivity index (χ4n) is 10.2. The highest BCUT2D eigenvalue weighted by atomic mass is 16.7. The molecule has 0 aliphatic carbocycles. The molecule has 8 atom stereocenters. The van der Waals surface area contributed by atoms with Gasteiger partial charge in [0, 0.05) is 0 Å². The number of hydrogen-bond donors (Lipinski definition) is 7. The summed E-state index contributed by atoms with van der Waals surface area (Å²) in [6.45, 7) is 3.66. The fourth-order valence-corrected chi connectivity index (χ4v) is 10.2. The van der Waals surface area contributed by atoms with Gasteiger partial charge in [0.2, 0.25) is 5.91 Å². The van der Waals surface area contributed by atoms with Crippen LogP contribution in [0.1, 0.15) is 309 Å². The van der Waals surface area contributed by atoms with Crippen molar-refractivity contribution < 1.29 is 44.9 Å². The maximum Gasteiger partial charge on any atom is 0.249 e. The average Bonchev–Trinajstić information content (AvgIpc) is 3.37. The quantitative estimate of drug-likeness (QED) is 0.0232. The third-order valence-corrected chi connectivity index (χ3v) is 15.2. The number of hydrogen-bond acceptors (Lipinski definition) is 9. The van der Waals surface area contributed by atoms with Crippen LogP contribution in [-0.4, -0.2) is 98.7 Å². The number of nitrogens with one attached hydrogen (secondary N) is 1. The Balaban J connectivity index is 2.18. The summed E-state index contributed by atoms with van der Waals surface area (Å²) in [5.74, 6) is -0.609. The zero-order valence-electron chi connectivity index (χ0n) is 46.6. The molecule has 0 saturated carbocycles. The number of ether oxygens (including phenoxy) is 2. The minimum absolute atomic E-state index is 0.300. The van der Waals surface area contributed by atoms with Crippen molar-refractivity contribution in [3.8, 4) is 0 Å². The smallest absolute Gasteiger partial charge is 0.249 e. The summed E-state index contributed by atoms with van der Waals surface area (Å²) >= 11 is 0. The molecule has 0 spiro atoms. The van der Waals surface area contributed by atoms with Crippen molar-refractivity contribution in [2.75, 3.05) is 13.2 Å². The van der Waals surface area contributed by atoms with Crippen molar-refractivity contribution in [1.82, 2.24) is 5.32 Å². The summed E-state index contributed by atoms with van der Waals surface area (Å²) < 4.78 is 11.2. The molecule has 0 aromatic carbocycles. The van der Waals surface area contributed by atoms with Crippen LogP contribution in [0, 0.1) is 0 Å². The molecule has 1 rings (SSSR count). The lowest BCUT2D eigenvalue weighted by Crippen LogP contribution is -2.60. The van der Waals surface area contributed by atoms with Crippen LogP contribution in [-0.2, 0) is 14.3 Å². The molecule has 10 heteroatoms. The van der Waals surface area contributed by atoms with E-state index in [9.17, 15) is 35.4 Å². The van der Waals surface area contributed by atoms with Crippen molar-refractivity contribution in [2.45, 2.75) is 358 Å². The molecule has 7 N–H and O–H groups in total. The van der Waals surface area contributed by atoms with E-state index in [1.165, 1.54) is 244 Å². The van der Waals surface area contributed by atoms with Gasteiger partial charge >= 0.3 is 0 Å². The third kappa shape index (κ3) is 39.9. The second-order valence-corrected chi connectivity index (χ2v) is 22.0. The highest BCUT2D eigenvalue weighted by Crippen LogP contribution is 2.23. The van der Waals surface area contributed by atoms with Crippen LogP contribution in [0.3, 0.4) is 0 Å². The summed E-state index contributed by atoms with van der Waals surface area (Å²) in [6, 6.07) is -0.977. The van der Waals surface area contributed by atoms with E-state index >= 15 is 0 Å². The summed E-state index contributed by atoms with van der Waals surface area (Å²) in [7, 11) is 0. The molecule has 1 heterocycles. The van der Waals surface area contributed by atoms with Gasteiger partial charge in [-0.15, -0.1) is 0 Å². The lowest BCUT2D eigenvalue weighted by Gasteiger charge is -2.40. The van der Waals surface area contributed by atoms with E-state index in [1.54, 1.807) is 6.08 Å². The summed E-state index contributed by atoms with van der Waals surface area (Å²) in [5, 5.41) is 65.1. The molecule has 0 aromatic heterocycles. The molecular weight excluding hydrogens is 891 g/mol. The molecule has 10 nitrogen and oxygen atoms in total. The Morgan fingerprint density at radius 2 is 0.803 bits per heavy atom. The third-order valence-electron chi connectivity index (χ3n) is 15.2. The number of unbranched alkanes of at least 4 members (excludes halogenated alkanes) is 43. The van der Waals surface area contributed by atoms with Gasteiger partial charge in [-0.05, 0) is 19.3 Å². The van der Waals surface area contributed by atoms with Gasteiger partial charge in [-0.25, -0.2) is 0 Å². The monoisotopic (exact) mass is 1010 g/mol. The second kappa shape index (κ2) is 51.0. The molecule has 1 aliphatic heterocycles. The Labute approximate surface area is 438 Å². The van der Waals surface area contributed by atoms with Crippen LogP contribution in [0.2, 0.25) is 0 Å². The predicted octanol–water partition coefficient (Wildman–Crippen LogP) is 14.6. The first-order chi connectivity index (χ1) is 34.8. The van der Waals surface area contributed by atoms with Crippen LogP contribution in [0.15, 0.2) is 12.2 Å². The van der Waals surface area contributed by atoms with Gasteiger partial charge in [0.05, 0.1) is 25.4 Å². The highest BCUT2D eigenvalue weighted by Gasteiger charge is 2.44. The van der Waals surface area contributed by atoms with Gasteiger partial charge in [0.15, 0.2) is 6.29 Å². The van der Waals surface area contributed by atoms with Crippen molar-refractivity contribution >= 4 is 5.91 Å². The molecule has 0 radical (unpaired) electrons. The maximum atomic E-state index is 13.1. The molecule has 1 aliphatic rings. The first-order valence-electron chi connectivity index (χ1n) is 31.0. The number of aliphatic hydroxyl groups excluding tert-OH is 6. The molecule has 1 fully saturated rings. The average molecular weight is 1010 g/mol. The minimum Gasteiger partial charge on any atom is -0.394 e. The zero-order valence-corrected chi connectivity index (χ0v) is 46.6. The first-order valence-corrected chi connectivity index (χ1v) is 31.0. The zero-order chi connectivity index (χ0) is 51.7. The Hall–Kier alpha value is -1.11. The highest BCUT2D eigenvalue weighted by molar-refractivity contribution is 5.80. The van der Waals surface area contributed by atoms with Gasteiger partial charge in [-0.1, -0.05) is 302 Å². The number of carbonyl (C=O) groups is 1. The molecule has 1 saturated heterocycles. The molecule has 0 bridgehead atoms. The Kier molecular flexibility index (Phi) is 48.8. The molecule has 0 aromatic rings. The number of rotatable bonds is 54. The Bertz CT molecular complexity index is 1140. The summed E-state index contributed by atoms with van der Waals surface area (Å²) in [6.07, 6.45) is 53.3. The number of carbonyl (C=O) groups excluding carboxylic acids is 1. The molecule has 1 amide bonds. The Morgan fingerprint density at radius 3 is 1.14 bits per heavy atom. The van der Waals surface area contributed by atoms with Gasteiger partial charge in [0.25, 0.3) is 0 Å². The van der Waals surface area contributed by atoms with Gasteiger partial charge in [-0.3, -0.25) is 4.79 Å². The largest absolute Gasteiger partial charge is 0.394 e. The lowest BCUT2D eigenvalue weighted by atomic mass is 9.99. The molecule has 8 unspecified atom stereocenters. The molecule has 71 heavy (non-hydrogen) atoms. The van der Waals surface area contributed by atoms with Crippen LogP contribution in [0.25, 0.3) is 0 Å². The van der Waals surface area contributed by atoms with Crippen molar-refractivity contribution in [3.63, 3.8) is 0 Å².